The van der Waals surface area contributed by atoms with E-state index in [0.717, 1.165) is 86.7 Å². The highest BCUT2D eigenvalue weighted by Crippen LogP contribution is 2.68. The number of fused-ring (bicyclic) bond motifs is 5. The van der Waals surface area contributed by atoms with E-state index < -0.39 is 0 Å². The van der Waals surface area contributed by atoms with Crippen LogP contribution in [0.5, 0.6) is 0 Å². The van der Waals surface area contributed by atoms with Crippen molar-refractivity contribution in [1.29, 1.82) is 0 Å². The van der Waals surface area contributed by atoms with Crippen LogP contribution >= 0.6 is 0 Å². The largest absolute Gasteiger partial charge is 0.317 e. The van der Waals surface area contributed by atoms with E-state index in [2.05, 4.69) is 86.2 Å². The minimum atomic E-state index is 0.610. The predicted molar refractivity (Wildman–Crippen MR) is 207 cm³/mol. The average Bonchev–Trinajstić information content (AvgIpc) is 3.44. The molecule has 0 amide bonds. The third-order valence-electron chi connectivity index (χ3n) is 14.7. The van der Waals surface area contributed by atoms with Crippen LogP contribution in [0.15, 0.2) is 30.3 Å². The Kier molecular flexibility index (Phi) is 15.2. The van der Waals surface area contributed by atoms with Gasteiger partial charge in [-0.25, -0.2) is 0 Å². The fourth-order valence-corrected chi connectivity index (χ4v) is 11.9. The molecule has 0 saturated heterocycles. The summed E-state index contributed by atoms with van der Waals surface area (Å²) >= 11 is 0. The van der Waals surface area contributed by atoms with Crippen molar-refractivity contribution in [2.75, 3.05) is 39.3 Å². The van der Waals surface area contributed by atoms with E-state index in [4.69, 9.17) is 0 Å². The molecule has 0 spiro atoms. The molecule has 3 unspecified atom stereocenters. The molecule has 1 aromatic carbocycles. The summed E-state index contributed by atoms with van der Waals surface area (Å²) in [6.07, 6.45) is 22.8. The van der Waals surface area contributed by atoms with Gasteiger partial charge in [-0.15, -0.1) is 0 Å². The first-order valence-corrected chi connectivity index (χ1v) is 21.2. The molecule has 0 radical (unpaired) electrons. The van der Waals surface area contributed by atoms with Crippen LogP contribution in [0.25, 0.3) is 0 Å². The Bertz CT molecular complexity index is 1030. The number of unbranched alkanes of at least 4 members (excludes halogenated alkanes) is 1. The molecule has 0 bridgehead atoms. The van der Waals surface area contributed by atoms with Crippen LogP contribution in [0.3, 0.4) is 0 Å². The van der Waals surface area contributed by atoms with E-state index in [0.29, 0.717) is 10.8 Å². The van der Waals surface area contributed by atoms with Gasteiger partial charge in [0, 0.05) is 12.6 Å². The van der Waals surface area contributed by atoms with Crippen molar-refractivity contribution in [3.63, 3.8) is 0 Å². The quantitative estimate of drug-likeness (QED) is 0.0991. The monoisotopic (exact) mass is 663 g/mol. The molecular formula is C44H78N4. The topological polar surface area (TPSA) is 48.1 Å². The maximum absolute atomic E-state index is 4.02. The molecule has 0 aliphatic heterocycles. The minimum absolute atomic E-state index is 0.610. The third kappa shape index (κ3) is 10.1. The molecule has 4 nitrogen and oxygen atoms in total. The van der Waals surface area contributed by atoms with E-state index in [-0.39, 0.29) is 0 Å². The van der Waals surface area contributed by atoms with Crippen LogP contribution in [0.2, 0.25) is 0 Å². The maximum atomic E-state index is 4.02. The molecule has 4 aliphatic rings. The molecule has 5 rings (SSSR count). The van der Waals surface area contributed by atoms with Crippen LogP contribution < -0.4 is 21.3 Å². The maximum Gasteiger partial charge on any atom is 0.0205 e. The minimum Gasteiger partial charge on any atom is -0.317 e. The SMILES string of the molecule is CC(C)CCC[C@@H](C)[C@H]1CCC2C3CC[C@@H]4C[C@@H](NCCCNCCCCNCCCNCc5ccccc5)CC[C@]4(C)C3CC[C@@]21C. The van der Waals surface area contributed by atoms with E-state index in [1.165, 1.54) is 108 Å². The Hall–Kier alpha value is -0.940. The van der Waals surface area contributed by atoms with Crippen LogP contribution in [0, 0.1) is 52.3 Å². The second-order valence-electron chi connectivity index (χ2n) is 18.2. The molecule has 274 valence electrons. The van der Waals surface area contributed by atoms with E-state index in [1.807, 2.05) is 0 Å². The van der Waals surface area contributed by atoms with Crippen molar-refractivity contribution >= 4 is 0 Å². The van der Waals surface area contributed by atoms with Gasteiger partial charge in [-0.1, -0.05) is 84.2 Å². The number of hydrogen-bond acceptors (Lipinski definition) is 4. The zero-order valence-corrected chi connectivity index (χ0v) is 32.3. The van der Waals surface area contributed by atoms with Gasteiger partial charge in [0.1, 0.15) is 0 Å². The molecule has 1 aromatic rings. The van der Waals surface area contributed by atoms with Gasteiger partial charge in [0.15, 0.2) is 0 Å². The highest BCUT2D eigenvalue weighted by Gasteiger charge is 2.60. The Morgan fingerprint density at radius 1 is 0.646 bits per heavy atom. The van der Waals surface area contributed by atoms with Crippen molar-refractivity contribution in [1.82, 2.24) is 21.3 Å². The Balaban J connectivity index is 0.898. The summed E-state index contributed by atoms with van der Waals surface area (Å²) in [5, 5.41) is 14.9. The standard InChI is InChI=1S/C44H78N4/c1-34(2)14-11-15-35(3)40-20-21-41-39-19-18-37-32-38(22-24-43(37,4)42(39)23-25-44(40,41)5)48-31-13-29-46-27-10-9-26-45-28-12-30-47-33-36-16-7-6-8-17-36/h6-8,16-17,34-35,37-42,45-48H,9-15,18-33H2,1-5H3/t35-,37-,38+,39?,40-,41?,42?,43+,44-/m1/s1. The molecule has 0 aromatic heterocycles. The number of nitrogens with one attached hydrogen (secondary N) is 4. The Labute approximate surface area is 297 Å². The second kappa shape index (κ2) is 19.1. The third-order valence-corrected chi connectivity index (χ3v) is 14.7. The number of benzene rings is 1. The summed E-state index contributed by atoms with van der Waals surface area (Å²) in [4.78, 5) is 0. The molecule has 9 atom stereocenters. The number of rotatable bonds is 21. The van der Waals surface area contributed by atoms with Gasteiger partial charge in [0.05, 0.1) is 0 Å². The molecule has 48 heavy (non-hydrogen) atoms. The lowest BCUT2D eigenvalue weighted by atomic mass is 9.44. The second-order valence-corrected chi connectivity index (χ2v) is 18.2. The highest BCUT2D eigenvalue weighted by atomic mass is 14.9. The summed E-state index contributed by atoms with van der Waals surface area (Å²) in [6, 6.07) is 11.4. The van der Waals surface area contributed by atoms with Gasteiger partial charge in [0.2, 0.25) is 0 Å². The first-order valence-electron chi connectivity index (χ1n) is 21.2. The van der Waals surface area contributed by atoms with Crippen molar-refractivity contribution in [3.05, 3.63) is 35.9 Å². The summed E-state index contributed by atoms with van der Waals surface area (Å²) in [6.45, 7) is 20.8. The molecule has 4 heteroatoms. The zero-order valence-electron chi connectivity index (χ0n) is 32.3. The summed E-state index contributed by atoms with van der Waals surface area (Å²) in [7, 11) is 0. The average molecular weight is 663 g/mol. The van der Waals surface area contributed by atoms with Crippen LogP contribution in [0.1, 0.15) is 143 Å². The first-order chi connectivity index (χ1) is 23.3. The van der Waals surface area contributed by atoms with E-state index >= 15 is 0 Å². The van der Waals surface area contributed by atoms with E-state index in [9.17, 15) is 0 Å². The zero-order chi connectivity index (χ0) is 33.8. The lowest BCUT2D eigenvalue weighted by Crippen LogP contribution is -2.55. The predicted octanol–water partition coefficient (Wildman–Crippen LogP) is 9.60. The van der Waals surface area contributed by atoms with Crippen molar-refractivity contribution < 1.29 is 0 Å². The molecule has 4 fully saturated rings. The summed E-state index contributed by atoms with van der Waals surface area (Å²) in [5.41, 5.74) is 2.61. The van der Waals surface area contributed by atoms with Crippen LogP contribution in [0.4, 0.5) is 0 Å². The first kappa shape index (κ1) is 38.3. The normalized spacial score (nSPS) is 33.7. The van der Waals surface area contributed by atoms with Gasteiger partial charge in [-0.3, -0.25) is 0 Å². The molecule has 0 heterocycles. The fourth-order valence-electron chi connectivity index (χ4n) is 11.9. The molecule has 4 saturated carbocycles. The fraction of sp³-hybridized carbons (Fsp3) is 0.864. The van der Waals surface area contributed by atoms with Gasteiger partial charge in [-0.2, -0.15) is 0 Å². The van der Waals surface area contributed by atoms with Crippen molar-refractivity contribution in [3.8, 4) is 0 Å². The molecular weight excluding hydrogens is 585 g/mol. The summed E-state index contributed by atoms with van der Waals surface area (Å²) < 4.78 is 0. The van der Waals surface area contributed by atoms with E-state index in [1.54, 1.807) is 6.42 Å². The molecule has 4 aliphatic carbocycles. The van der Waals surface area contributed by atoms with Gasteiger partial charge >= 0.3 is 0 Å². The number of hydrogen-bond donors (Lipinski definition) is 4. The summed E-state index contributed by atoms with van der Waals surface area (Å²) in [5.74, 6) is 6.78. The highest BCUT2D eigenvalue weighted by molar-refractivity contribution is 5.14. The van der Waals surface area contributed by atoms with Gasteiger partial charge < -0.3 is 21.3 Å². The lowest BCUT2D eigenvalue weighted by molar-refractivity contribution is -0.118. The lowest BCUT2D eigenvalue weighted by Gasteiger charge is -2.61. The smallest absolute Gasteiger partial charge is 0.0205 e. The van der Waals surface area contributed by atoms with Gasteiger partial charge in [0.25, 0.3) is 0 Å². The van der Waals surface area contributed by atoms with Crippen LogP contribution in [-0.2, 0) is 6.54 Å². The van der Waals surface area contributed by atoms with Crippen LogP contribution in [-0.4, -0.2) is 45.3 Å². The Morgan fingerprint density at radius 3 is 2.06 bits per heavy atom. The molecule has 4 N–H and O–H groups in total. The van der Waals surface area contributed by atoms with Crippen molar-refractivity contribution in [2.24, 2.45) is 52.3 Å². The van der Waals surface area contributed by atoms with Crippen molar-refractivity contribution in [2.45, 2.75) is 150 Å². The Morgan fingerprint density at radius 2 is 1.31 bits per heavy atom. The van der Waals surface area contributed by atoms with Gasteiger partial charge in [-0.05, 0) is 181 Å².